The molecular weight excluding hydrogens is 350 g/mol. The fraction of sp³-hybridized carbons (Fsp3) is 0.312. The Morgan fingerprint density at radius 1 is 1.38 bits per heavy atom. The predicted octanol–water partition coefficient (Wildman–Crippen LogP) is 4.57. The van der Waals surface area contributed by atoms with Gasteiger partial charge >= 0.3 is 0 Å². The normalized spacial score (nSPS) is 10.4. The highest BCUT2D eigenvalue weighted by Crippen LogP contribution is 2.22. The average molecular weight is 368 g/mol. The summed E-state index contributed by atoms with van der Waals surface area (Å²) in [5, 5.41) is 2.05. The van der Waals surface area contributed by atoms with Gasteiger partial charge in [-0.15, -0.1) is 11.3 Å². The van der Waals surface area contributed by atoms with Gasteiger partial charge in [0.25, 0.3) is 5.91 Å². The highest BCUT2D eigenvalue weighted by atomic mass is 79.9. The Hall–Kier alpha value is -1.33. The molecular formula is C16H18BrNO2S. The largest absolute Gasteiger partial charge is 0.494 e. The molecule has 112 valence electrons. The van der Waals surface area contributed by atoms with Gasteiger partial charge in [-0.1, -0.05) is 13.0 Å². The molecule has 0 aliphatic heterocycles. The molecule has 3 nitrogen and oxygen atoms in total. The molecule has 0 saturated heterocycles. The summed E-state index contributed by atoms with van der Waals surface area (Å²) in [5.74, 6) is 0.744. The Kier molecular flexibility index (Phi) is 5.82. The molecule has 0 bridgehead atoms. The van der Waals surface area contributed by atoms with E-state index in [0.717, 1.165) is 21.5 Å². The van der Waals surface area contributed by atoms with Gasteiger partial charge in [-0.25, -0.2) is 0 Å². The van der Waals surface area contributed by atoms with Crippen molar-refractivity contribution in [2.24, 2.45) is 0 Å². The van der Waals surface area contributed by atoms with Crippen molar-refractivity contribution in [1.29, 1.82) is 0 Å². The molecule has 2 aromatic rings. The van der Waals surface area contributed by atoms with Crippen LogP contribution in [0, 0.1) is 0 Å². The molecule has 0 aliphatic rings. The second-order valence-electron chi connectivity index (χ2n) is 4.80. The molecule has 1 aromatic carbocycles. The molecule has 5 heteroatoms. The Labute approximate surface area is 137 Å². The predicted molar refractivity (Wildman–Crippen MR) is 90.0 cm³/mol. The summed E-state index contributed by atoms with van der Waals surface area (Å²) >= 11 is 5.06. The lowest BCUT2D eigenvalue weighted by atomic mass is 10.2. The summed E-state index contributed by atoms with van der Waals surface area (Å²) in [6.45, 7) is 3.32. The van der Waals surface area contributed by atoms with E-state index in [1.165, 1.54) is 0 Å². The van der Waals surface area contributed by atoms with Crippen LogP contribution in [-0.4, -0.2) is 24.5 Å². The van der Waals surface area contributed by atoms with Crippen molar-refractivity contribution < 1.29 is 9.53 Å². The van der Waals surface area contributed by atoms with Crippen molar-refractivity contribution in [3.8, 4) is 5.75 Å². The van der Waals surface area contributed by atoms with Crippen LogP contribution in [0.25, 0.3) is 0 Å². The van der Waals surface area contributed by atoms with Crippen molar-refractivity contribution in [2.45, 2.75) is 19.9 Å². The summed E-state index contributed by atoms with van der Waals surface area (Å²) < 4.78 is 6.65. The first kappa shape index (κ1) is 16.0. The summed E-state index contributed by atoms with van der Waals surface area (Å²) in [6, 6.07) is 9.39. The minimum Gasteiger partial charge on any atom is -0.494 e. The minimum atomic E-state index is -0.000675. The summed E-state index contributed by atoms with van der Waals surface area (Å²) in [4.78, 5) is 14.2. The zero-order valence-electron chi connectivity index (χ0n) is 12.1. The number of carbonyl (C=O) groups excluding carboxylic acids is 1. The Bertz CT molecular complexity index is 612. The number of hydrogen-bond donors (Lipinski definition) is 0. The van der Waals surface area contributed by atoms with Crippen LogP contribution in [0.1, 0.15) is 29.3 Å². The summed E-state index contributed by atoms with van der Waals surface area (Å²) in [5.41, 5.74) is 1.78. The van der Waals surface area contributed by atoms with Crippen LogP contribution in [0.3, 0.4) is 0 Å². The van der Waals surface area contributed by atoms with E-state index in [9.17, 15) is 4.79 Å². The molecule has 1 amide bonds. The standard InChI is InChI=1S/C16H18BrNO2S/c1-3-7-20-14-6-4-5-13(9-14)16(19)18(2)10-12-8-15(17)21-11-12/h4-6,8-9,11H,3,7,10H2,1-2H3. The molecule has 0 spiro atoms. The third-order valence-electron chi connectivity index (χ3n) is 2.94. The number of thiophene rings is 1. The molecule has 0 unspecified atom stereocenters. The van der Waals surface area contributed by atoms with Crippen LogP contribution < -0.4 is 4.74 Å². The van der Waals surface area contributed by atoms with Gasteiger partial charge in [-0.3, -0.25) is 4.79 Å². The molecule has 0 radical (unpaired) electrons. The minimum absolute atomic E-state index is 0.000675. The van der Waals surface area contributed by atoms with Crippen LogP contribution in [0.15, 0.2) is 39.5 Å². The van der Waals surface area contributed by atoms with Crippen LogP contribution in [-0.2, 0) is 6.54 Å². The van der Waals surface area contributed by atoms with E-state index in [-0.39, 0.29) is 5.91 Å². The molecule has 21 heavy (non-hydrogen) atoms. The van der Waals surface area contributed by atoms with Gasteiger partial charge in [0.1, 0.15) is 5.75 Å². The van der Waals surface area contributed by atoms with Gasteiger partial charge in [0.2, 0.25) is 0 Å². The van der Waals surface area contributed by atoms with Crippen molar-refractivity contribution in [1.82, 2.24) is 4.90 Å². The first-order chi connectivity index (χ1) is 10.1. The molecule has 1 heterocycles. The highest BCUT2D eigenvalue weighted by Gasteiger charge is 2.13. The summed E-state index contributed by atoms with van der Waals surface area (Å²) in [7, 11) is 1.81. The van der Waals surface area contributed by atoms with Gasteiger partial charge in [0.05, 0.1) is 10.4 Å². The number of rotatable bonds is 6. The van der Waals surface area contributed by atoms with Crippen LogP contribution >= 0.6 is 27.3 Å². The van der Waals surface area contributed by atoms with E-state index < -0.39 is 0 Å². The van der Waals surface area contributed by atoms with Crippen molar-refractivity contribution >= 4 is 33.2 Å². The second kappa shape index (κ2) is 7.61. The molecule has 1 aromatic heterocycles. The van der Waals surface area contributed by atoms with Gasteiger partial charge in [-0.05, 0) is 57.6 Å². The number of benzene rings is 1. The maximum Gasteiger partial charge on any atom is 0.254 e. The first-order valence-electron chi connectivity index (χ1n) is 6.81. The smallest absolute Gasteiger partial charge is 0.254 e. The van der Waals surface area contributed by atoms with Crippen molar-refractivity contribution in [2.75, 3.05) is 13.7 Å². The van der Waals surface area contributed by atoms with Crippen LogP contribution in [0.4, 0.5) is 0 Å². The average Bonchev–Trinajstić information content (AvgIpc) is 2.89. The quantitative estimate of drug-likeness (QED) is 0.748. The van der Waals surface area contributed by atoms with E-state index in [2.05, 4.69) is 28.2 Å². The van der Waals surface area contributed by atoms with Gasteiger partial charge in [-0.2, -0.15) is 0 Å². The number of nitrogens with zero attached hydrogens (tertiary/aromatic N) is 1. The Morgan fingerprint density at radius 3 is 2.86 bits per heavy atom. The first-order valence-corrected chi connectivity index (χ1v) is 8.48. The lowest BCUT2D eigenvalue weighted by molar-refractivity contribution is 0.0784. The fourth-order valence-electron chi connectivity index (χ4n) is 1.93. The molecule has 0 saturated carbocycles. The van der Waals surface area contributed by atoms with Gasteiger partial charge < -0.3 is 9.64 Å². The molecule has 2 rings (SSSR count). The van der Waals surface area contributed by atoms with Crippen molar-refractivity contribution in [3.05, 3.63) is 50.6 Å². The van der Waals surface area contributed by atoms with Crippen LogP contribution in [0.5, 0.6) is 5.75 Å². The van der Waals surface area contributed by atoms with E-state index in [1.807, 2.05) is 31.3 Å². The lowest BCUT2D eigenvalue weighted by Crippen LogP contribution is -2.25. The number of halogens is 1. The fourth-order valence-corrected chi connectivity index (χ4v) is 3.13. The molecule has 0 aliphatic carbocycles. The molecule has 0 N–H and O–H groups in total. The number of amides is 1. The molecule has 0 fully saturated rings. The number of ether oxygens (including phenoxy) is 1. The topological polar surface area (TPSA) is 29.5 Å². The Balaban J connectivity index is 2.04. The van der Waals surface area contributed by atoms with Crippen molar-refractivity contribution in [3.63, 3.8) is 0 Å². The maximum absolute atomic E-state index is 12.4. The zero-order valence-corrected chi connectivity index (χ0v) is 14.5. The van der Waals surface area contributed by atoms with E-state index in [1.54, 1.807) is 22.3 Å². The summed E-state index contributed by atoms with van der Waals surface area (Å²) in [6.07, 6.45) is 0.950. The highest BCUT2D eigenvalue weighted by molar-refractivity contribution is 9.11. The monoisotopic (exact) mass is 367 g/mol. The second-order valence-corrected chi connectivity index (χ2v) is 7.09. The SMILES string of the molecule is CCCOc1cccc(C(=O)N(C)Cc2csc(Br)c2)c1. The lowest BCUT2D eigenvalue weighted by Gasteiger charge is -2.17. The van der Waals surface area contributed by atoms with Gasteiger partial charge in [0, 0.05) is 19.2 Å². The maximum atomic E-state index is 12.4. The van der Waals surface area contributed by atoms with Gasteiger partial charge in [0.15, 0.2) is 0 Å². The van der Waals surface area contributed by atoms with E-state index >= 15 is 0 Å². The molecule has 0 atom stereocenters. The van der Waals surface area contributed by atoms with E-state index in [0.29, 0.717) is 18.7 Å². The third kappa shape index (κ3) is 4.58. The Morgan fingerprint density at radius 2 is 2.19 bits per heavy atom. The third-order valence-corrected chi connectivity index (χ3v) is 4.50. The zero-order chi connectivity index (χ0) is 15.2. The van der Waals surface area contributed by atoms with E-state index in [4.69, 9.17) is 4.74 Å². The number of carbonyl (C=O) groups is 1. The van der Waals surface area contributed by atoms with Crippen LogP contribution in [0.2, 0.25) is 0 Å². The number of hydrogen-bond acceptors (Lipinski definition) is 3.